The zero-order chi connectivity index (χ0) is 18.3. The van der Waals surface area contributed by atoms with Crippen molar-refractivity contribution in [3.63, 3.8) is 0 Å². The fourth-order valence-corrected chi connectivity index (χ4v) is 1.96. The summed E-state index contributed by atoms with van der Waals surface area (Å²) in [6.07, 6.45) is -5.98. The van der Waals surface area contributed by atoms with Crippen LogP contribution in [0.3, 0.4) is 0 Å². The van der Waals surface area contributed by atoms with Crippen LogP contribution in [0.2, 0.25) is 0 Å². The van der Waals surface area contributed by atoms with Gasteiger partial charge in [0.25, 0.3) is 0 Å². The van der Waals surface area contributed by atoms with E-state index in [1.54, 1.807) is 4.98 Å². The summed E-state index contributed by atoms with van der Waals surface area (Å²) in [4.78, 5) is 4.70. The molecule has 11 heteroatoms. The molecule has 0 unspecified atom stereocenters. The summed E-state index contributed by atoms with van der Waals surface area (Å²) in [5.74, 6) is -7.23. The van der Waals surface area contributed by atoms with E-state index in [1.165, 1.54) is 24.3 Å². The summed E-state index contributed by atoms with van der Waals surface area (Å²) in [5.41, 5.74) is -3.94. The van der Waals surface area contributed by atoms with Crippen LogP contribution in [0.15, 0.2) is 0 Å². The molecular weight excluding hydrogens is 335 g/mol. The first kappa shape index (κ1) is 16.7. The minimum absolute atomic E-state index is 0.616. The first-order valence-corrected chi connectivity index (χ1v) is 5.79. The normalized spacial score (nSPS) is 11.4. The molecule has 0 radical (unpaired) electrons. The van der Waals surface area contributed by atoms with Gasteiger partial charge in [0.2, 0.25) is 0 Å². The molecule has 24 heavy (non-hydrogen) atoms. The second kappa shape index (κ2) is 5.19. The molecule has 0 aliphatic heterocycles. The van der Waals surface area contributed by atoms with Gasteiger partial charge < -0.3 is 4.98 Å². The van der Waals surface area contributed by atoms with Crippen LogP contribution < -0.4 is 0 Å². The molecule has 0 fully saturated rings. The van der Waals surface area contributed by atoms with Crippen molar-refractivity contribution in [2.45, 2.75) is 12.1 Å². The smallest absolute Gasteiger partial charge is 0.335 e. The molecule has 6 nitrogen and oxygen atoms in total. The van der Waals surface area contributed by atoms with Gasteiger partial charge in [0.1, 0.15) is 29.8 Å². The molecule has 1 aromatic heterocycles. The van der Waals surface area contributed by atoms with Crippen molar-refractivity contribution in [1.82, 2.24) is 9.97 Å². The Labute approximate surface area is 129 Å². The number of rotatable bonds is 1. The van der Waals surface area contributed by atoms with Gasteiger partial charge in [-0.25, -0.2) is 4.98 Å². The van der Waals surface area contributed by atoms with Crippen LogP contribution in [0.4, 0.5) is 22.0 Å². The van der Waals surface area contributed by atoms with E-state index < -0.39 is 51.2 Å². The van der Waals surface area contributed by atoms with Crippen molar-refractivity contribution in [3.05, 3.63) is 28.1 Å². The molecule has 2 aromatic rings. The van der Waals surface area contributed by atoms with Gasteiger partial charge >= 0.3 is 12.1 Å². The zero-order valence-corrected chi connectivity index (χ0v) is 11.1. The molecule has 0 amide bonds. The molecule has 0 saturated heterocycles. The predicted octanol–water partition coefficient (Wildman–Crippen LogP) is 2.70. The van der Waals surface area contributed by atoms with Crippen molar-refractivity contribution in [2.24, 2.45) is 0 Å². The van der Waals surface area contributed by atoms with E-state index >= 15 is 0 Å². The fraction of sp³-hybridized carbons (Fsp3) is 0.154. The van der Waals surface area contributed by atoms with Crippen molar-refractivity contribution in [2.75, 3.05) is 0 Å². The highest BCUT2D eigenvalue weighted by Crippen LogP contribution is 2.43. The summed E-state index contributed by atoms with van der Waals surface area (Å²) in [6, 6.07) is 5.77. The van der Waals surface area contributed by atoms with Crippen LogP contribution in [0.5, 0.6) is 0 Å². The van der Waals surface area contributed by atoms with Gasteiger partial charge in [-0.15, -0.1) is 0 Å². The lowest BCUT2D eigenvalue weighted by atomic mass is 9.96. The van der Waals surface area contributed by atoms with E-state index in [4.69, 9.17) is 21.0 Å². The van der Waals surface area contributed by atoms with Crippen LogP contribution in [0.1, 0.15) is 28.1 Å². The number of hydrogen-bond acceptors (Lipinski definition) is 5. The van der Waals surface area contributed by atoms with Crippen LogP contribution >= 0.6 is 0 Å². The minimum Gasteiger partial charge on any atom is -0.335 e. The highest BCUT2D eigenvalue weighted by Gasteiger charge is 2.61. The van der Waals surface area contributed by atoms with Gasteiger partial charge in [-0.05, 0) is 0 Å². The standard InChI is InChI=1S/C13HF5N6/c14-12(15,13(16,17)18)11-23-9-7(3-21)5(1-19)6(2-20)8(4-22)10(9)24-11/h(H,23,24). The van der Waals surface area contributed by atoms with Crippen molar-refractivity contribution in [3.8, 4) is 24.3 Å². The Morgan fingerprint density at radius 1 is 0.750 bits per heavy atom. The maximum atomic E-state index is 13.4. The van der Waals surface area contributed by atoms with Crippen LogP contribution in [0.25, 0.3) is 11.0 Å². The number of aromatic amines is 1. The number of alkyl halides is 5. The number of benzene rings is 1. The number of hydrogen-bond donors (Lipinski definition) is 1. The summed E-state index contributed by atoms with van der Waals surface area (Å²) in [5, 5.41) is 36.1. The monoisotopic (exact) mass is 336 g/mol. The van der Waals surface area contributed by atoms with Crippen molar-refractivity contribution in [1.29, 1.82) is 21.0 Å². The maximum Gasteiger partial charge on any atom is 0.461 e. The number of nitriles is 4. The average molecular weight is 336 g/mol. The van der Waals surface area contributed by atoms with E-state index in [-0.39, 0.29) is 0 Å². The molecule has 0 saturated carbocycles. The Balaban J connectivity index is 3.04. The molecular formula is C13HF5N6. The van der Waals surface area contributed by atoms with Crippen molar-refractivity contribution < 1.29 is 22.0 Å². The quantitative estimate of drug-likeness (QED) is 0.802. The Morgan fingerprint density at radius 2 is 1.21 bits per heavy atom. The summed E-state index contributed by atoms with van der Waals surface area (Å²) in [7, 11) is 0. The molecule has 1 heterocycles. The molecule has 0 aliphatic carbocycles. The SMILES string of the molecule is N#Cc1c(C#N)c(C#N)c2[nH]c(C(F)(F)C(F)(F)F)nc2c1C#N. The number of imidazole rings is 1. The first-order valence-electron chi connectivity index (χ1n) is 5.79. The third kappa shape index (κ3) is 2.08. The molecule has 1 N–H and O–H groups in total. The second-order valence-corrected chi connectivity index (χ2v) is 4.33. The first-order chi connectivity index (χ1) is 11.1. The maximum absolute atomic E-state index is 13.4. The van der Waals surface area contributed by atoms with Crippen LogP contribution in [0, 0.1) is 45.3 Å². The van der Waals surface area contributed by atoms with Gasteiger partial charge in [0, 0.05) is 0 Å². The molecule has 0 atom stereocenters. The number of aromatic nitrogens is 2. The Bertz CT molecular complexity index is 950. The van der Waals surface area contributed by atoms with E-state index in [0.717, 1.165) is 0 Å². The molecule has 0 spiro atoms. The van der Waals surface area contributed by atoms with Gasteiger partial charge in [0.05, 0.1) is 27.8 Å². The third-order valence-electron chi connectivity index (χ3n) is 3.04. The van der Waals surface area contributed by atoms with Crippen LogP contribution in [-0.2, 0) is 5.92 Å². The number of nitrogens with zero attached hydrogens (tertiary/aromatic N) is 5. The Hall–Kier alpha value is -3.70. The molecule has 1 aromatic carbocycles. The lowest BCUT2D eigenvalue weighted by Gasteiger charge is -2.16. The van der Waals surface area contributed by atoms with E-state index in [2.05, 4.69) is 4.98 Å². The van der Waals surface area contributed by atoms with Gasteiger partial charge in [-0.3, -0.25) is 0 Å². The lowest BCUT2D eigenvalue weighted by molar-refractivity contribution is -0.292. The highest BCUT2D eigenvalue weighted by molar-refractivity contribution is 5.92. The second-order valence-electron chi connectivity index (χ2n) is 4.33. The highest BCUT2D eigenvalue weighted by atomic mass is 19.4. The third-order valence-corrected chi connectivity index (χ3v) is 3.04. The molecule has 0 bridgehead atoms. The summed E-state index contributed by atoms with van der Waals surface area (Å²) in [6.45, 7) is 0. The minimum atomic E-state index is -5.98. The zero-order valence-electron chi connectivity index (χ0n) is 11.1. The number of nitrogens with one attached hydrogen (secondary N) is 1. The fourth-order valence-electron chi connectivity index (χ4n) is 1.96. The number of H-pyrrole nitrogens is 1. The largest absolute Gasteiger partial charge is 0.461 e. The molecule has 118 valence electrons. The molecule has 0 aliphatic rings. The van der Waals surface area contributed by atoms with E-state index in [0.29, 0.717) is 0 Å². The molecule has 2 rings (SSSR count). The number of halogens is 5. The van der Waals surface area contributed by atoms with Gasteiger partial charge in [0.15, 0.2) is 5.82 Å². The van der Waals surface area contributed by atoms with Crippen LogP contribution in [-0.4, -0.2) is 16.1 Å². The van der Waals surface area contributed by atoms with Crippen molar-refractivity contribution >= 4 is 11.0 Å². The Kier molecular flexibility index (Phi) is 3.60. The Morgan fingerprint density at radius 3 is 1.62 bits per heavy atom. The summed E-state index contributed by atoms with van der Waals surface area (Å²) < 4.78 is 64.2. The van der Waals surface area contributed by atoms with E-state index in [9.17, 15) is 22.0 Å². The summed E-state index contributed by atoms with van der Waals surface area (Å²) >= 11 is 0. The van der Waals surface area contributed by atoms with Gasteiger partial charge in [-0.2, -0.15) is 43.0 Å². The van der Waals surface area contributed by atoms with Gasteiger partial charge in [-0.1, -0.05) is 0 Å². The lowest BCUT2D eigenvalue weighted by Crippen LogP contribution is -2.34. The topological polar surface area (TPSA) is 124 Å². The van der Waals surface area contributed by atoms with E-state index in [1.807, 2.05) is 0 Å². The predicted molar refractivity (Wildman–Crippen MR) is 64.9 cm³/mol. The number of fused-ring (bicyclic) bond motifs is 1. The average Bonchev–Trinajstić information content (AvgIpc) is 2.96.